The smallest absolute Gasteiger partial charge is 0.229 e. The zero-order valence-electron chi connectivity index (χ0n) is 16.0. The number of hydrogen-bond donors (Lipinski definition) is 6. The molecular formula is C21H20O10. The van der Waals surface area contributed by atoms with Crippen molar-refractivity contribution in [1.29, 1.82) is 0 Å². The molecule has 10 nitrogen and oxygen atoms in total. The first kappa shape index (κ1) is 21.1. The Hall–Kier alpha value is -3.15. The molecule has 164 valence electrons. The monoisotopic (exact) mass is 432 g/mol. The normalized spacial score (nSPS) is 26.1. The van der Waals surface area contributed by atoms with E-state index < -0.39 is 37.3 Å². The summed E-state index contributed by atoms with van der Waals surface area (Å²) in [7, 11) is 0. The topological polar surface area (TPSA) is 170 Å². The van der Waals surface area contributed by atoms with Gasteiger partial charge >= 0.3 is 0 Å². The van der Waals surface area contributed by atoms with Gasteiger partial charge in [-0.25, -0.2) is 0 Å². The van der Waals surface area contributed by atoms with E-state index >= 15 is 0 Å². The molecule has 1 aliphatic rings. The van der Waals surface area contributed by atoms with Crippen molar-refractivity contribution in [3.8, 4) is 28.6 Å². The summed E-state index contributed by atoms with van der Waals surface area (Å²) >= 11 is 0. The lowest BCUT2D eigenvalue weighted by Crippen LogP contribution is -2.60. The molecule has 2 unspecified atom stereocenters. The molecule has 1 saturated heterocycles. The summed E-state index contributed by atoms with van der Waals surface area (Å²) < 4.78 is 16.6. The van der Waals surface area contributed by atoms with Crippen LogP contribution in [0.1, 0.15) is 0 Å². The second-order valence-corrected chi connectivity index (χ2v) is 7.15. The van der Waals surface area contributed by atoms with Gasteiger partial charge in [0.05, 0.1) is 12.0 Å². The van der Waals surface area contributed by atoms with Crippen molar-refractivity contribution in [1.82, 2.24) is 0 Å². The highest BCUT2D eigenvalue weighted by molar-refractivity contribution is 5.80. The van der Waals surface area contributed by atoms with Gasteiger partial charge in [0.2, 0.25) is 6.29 Å². The van der Waals surface area contributed by atoms with Crippen LogP contribution in [-0.2, 0) is 4.74 Å². The van der Waals surface area contributed by atoms with E-state index in [-0.39, 0.29) is 39.4 Å². The number of ether oxygens (including phenoxy) is 2. The number of phenolic OH excluding ortho intramolecular Hbond substituents is 2. The lowest BCUT2D eigenvalue weighted by molar-refractivity contribution is -0.277. The quantitative estimate of drug-likeness (QED) is 0.310. The summed E-state index contributed by atoms with van der Waals surface area (Å²) in [6, 6.07) is 9.47. The van der Waals surface area contributed by atoms with E-state index in [1.807, 2.05) is 0 Å². The molecule has 2 aromatic carbocycles. The average molecular weight is 432 g/mol. The van der Waals surface area contributed by atoms with Gasteiger partial charge in [-0.1, -0.05) is 0 Å². The van der Waals surface area contributed by atoms with Crippen LogP contribution in [0.2, 0.25) is 0 Å². The average Bonchev–Trinajstić information content (AvgIpc) is 2.75. The largest absolute Gasteiger partial charge is 0.504 e. The summed E-state index contributed by atoms with van der Waals surface area (Å²) in [5.41, 5.74) is 0.134. The zero-order chi connectivity index (χ0) is 22.3. The molecule has 2 heterocycles. The van der Waals surface area contributed by atoms with Gasteiger partial charge in [-0.05, 0) is 30.3 Å². The number of phenols is 2. The van der Waals surface area contributed by atoms with Gasteiger partial charge < -0.3 is 44.5 Å². The molecule has 0 saturated carbocycles. The summed E-state index contributed by atoms with van der Waals surface area (Å²) in [5, 5.41) is 58.5. The number of rotatable bonds is 4. The molecule has 0 aliphatic carbocycles. The number of benzene rings is 2. The van der Waals surface area contributed by atoms with Crippen molar-refractivity contribution >= 4 is 11.0 Å². The molecule has 4 rings (SSSR count). The standard InChI is InChI=1S/C21H20O10/c22-8-17-18(26)19(27)20(28)21(31-17)29-10-2-3-11-13(24)7-15(30-16(11)6-10)9-1-4-12(23)14(25)5-9/h1-7,17-23,25-28H,8H2/t17?,18-,19-,20?,21+/m0/s1. The summed E-state index contributed by atoms with van der Waals surface area (Å²) in [5.74, 6) is -0.425. The Morgan fingerprint density at radius 1 is 0.903 bits per heavy atom. The minimum atomic E-state index is -1.59. The molecule has 5 atom stereocenters. The van der Waals surface area contributed by atoms with Crippen LogP contribution in [0.25, 0.3) is 22.3 Å². The van der Waals surface area contributed by atoms with Gasteiger partial charge in [-0.15, -0.1) is 0 Å². The summed E-state index contributed by atoms with van der Waals surface area (Å²) in [6.45, 7) is -0.597. The van der Waals surface area contributed by atoms with E-state index in [0.717, 1.165) is 0 Å². The van der Waals surface area contributed by atoms with Crippen LogP contribution in [0, 0.1) is 0 Å². The fourth-order valence-corrected chi connectivity index (χ4v) is 3.33. The van der Waals surface area contributed by atoms with Gasteiger partial charge in [-0.2, -0.15) is 0 Å². The van der Waals surface area contributed by atoms with Crippen LogP contribution in [0.5, 0.6) is 17.2 Å². The summed E-state index contributed by atoms with van der Waals surface area (Å²) in [6.07, 6.45) is -7.22. The van der Waals surface area contributed by atoms with Gasteiger partial charge in [0, 0.05) is 17.7 Å². The fraction of sp³-hybridized carbons (Fsp3) is 0.286. The predicted molar refractivity (Wildman–Crippen MR) is 106 cm³/mol. The van der Waals surface area contributed by atoms with Crippen molar-refractivity contribution in [2.45, 2.75) is 30.7 Å². The third-order valence-corrected chi connectivity index (χ3v) is 5.06. The molecule has 10 heteroatoms. The van der Waals surface area contributed by atoms with Gasteiger partial charge in [0.15, 0.2) is 16.9 Å². The van der Waals surface area contributed by atoms with Crippen molar-refractivity contribution in [2.75, 3.05) is 6.61 Å². The number of hydrogen-bond acceptors (Lipinski definition) is 10. The van der Waals surface area contributed by atoms with Gasteiger partial charge in [-0.3, -0.25) is 4.79 Å². The lowest BCUT2D eigenvalue weighted by atomic mass is 9.99. The Bertz CT molecular complexity index is 1150. The zero-order valence-corrected chi connectivity index (χ0v) is 16.0. The van der Waals surface area contributed by atoms with Gasteiger partial charge in [0.1, 0.15) is 41.5 Å². The highest BCUT2D eigenvalue weighted by Gasteiger charge is 2.44. The molecule has 0 amide bonds. The van der Waals surface area contributed by atoms with E-state index in [0.29, 0.717) is 5.56 Å². The first-order chi connectivity index (χ1) is 14.8. The maximum Gasteiger partial charge on any atom is 0.229 e. The molecule has 1 fully saturated rings. The molecule has 3 aromatic rings. The third-order valence-electron chi connectivity index (χ3n) is 5.06. The molecule has 1 aromatic heterocycles. The maximum absolute atomic E-state index is 12.5. The second kappa shape index (κ2) is 8.17. The van der Waals surface area contributed by atoms with Crippen molar-refractivity contribution in [3.63, 3.8) is 0 Å². The van der Waals surface area contributed by atoms with Crippen LogP contribution in [0.4, 0.5) is 0 Å². The van der Waals surface area contributed by atoms with Crippen LogP contribution < -0.4 is 10.2 Å². The molecule has 0 bridgehead atoms. The predicted octanol–water partition coefficient (Wildman–Crippen LogP) is 0.0499. The maximum atomic E-state index is 12.5. The Morgan fingerprint density at radius 2 is 1.68 bits per heavy atom. The molecule has 6 N–H and O–H groups in total. The third kappa shape index (κ3) is 3.94. The van der Waals surface area contributed by atoms with Gasteiger partial charge in [0.25, 0.3) is 0 Å². The Morgan fingerprint density at radius 3 is 2.39 bits per heavy atom. The molecular weight excluding hydrogens is 412 g/mol. The van der Waals surface area contributed by atoms with E-state index in [1.54, 1.807) is 0 Å². The van der Waals surface area contributed by atoms with Crippen LogP contribution in [-0.4, -0.2) is 68.0 Å². The minimum absolute atomic E-state index is 0.130. The van der Waals surface area contributed by atoms with Crippen LogP contribution in [0.3, 0.4) is 0 Å². The lowest BCUT2D eigenvalue weighted by Gasteiger charge is -2.39. The summed E-state index contributed by atoms with van der Waals surface area (Å²) in [4.78, 5) is 12.5. The number of aromatic hydroxyl groups is 2. The SMILES string of the molecule is O=c1cc(-c2ccc(O)c(O)c2)oc2cc(O[C@@H]3OC(CO)[C@H](O)[C@H](O)C3O)ccc12. The van der Waals surface area contributed by atoms with E-state index in [2.05, 4.69) is 0 Å². The van der Waals surface area contributed by atoms with E-state index in [4.69, 9.17) is 13.9 Å². The Kier molecular flexibility index (Phi) is 5.56. The van der Waals surface area contributed by atoms with Crippen molar-refractivity contribution in [3.05, 3.63) is 52.7 Å². The molecule has 0 radical (unpaired) electrons. The van der Waals surface area contributed by atoms with E-state index in [1.165, 1.54) is 42.5 Å². The number of aliphatic hydroxyl groups is 4. The Balaban J connectivity index is 1.67. The fourth-order valence-electron chi connectivity index (χ4n) is 3.33. The van der Waals surface area contributed by atoms with Crippen LogP contribution in [0.15, 0.2) is 51.7 Å². The van der Waals surface area contributed by atoms with E-state index in [9.17, 15) is 35.4 Å². The second-order valence-electron chi connectivity index (χ2n) is 7.15. The molecule has 1 aliphatic heterocycles. The highest BCUT2D eigenvalue weighted by Crippen LogP contribution is 2.32. The van der Waals surface area contributed by atoms with Crippen LogP contribution >= 0.6 is 0 Å². The highest BCUT2D eigenvalue weighted by atomic mass is 16.7. The number of aliphatic hydroxyl groups excluding tert-OH is 4. The van der Waals surface area contributed by atoms with Crippen molar-refractivity contribution in [2.24, 2.45) is 0 Å². The molecule has 31 heavy (non-hydrogen) atoms. The number of fused-ring (bicyclic) bond motifs is 1. The molecule has 0 spiro atoms. The minimum Gasteiger partial charge on any atom is -0.504 e. The Labute approximate surface area is 174 Å². The first-order valence-corrected chi connectivity index (χ1v) is 9.36. The van der Waals surface area contributed by atoms with Crippen molar-refractivity contribution < 1.29 is 44.5 Å². The first-order valence-electron chi connectivity index (χ1n) is 9.36.